The van der Waals surface area contributed by atoms with Gasteiger partial charge in [0.05, 0.1) is 16.8 Å². The number of nitrogens with one attached hydrogen (secondary N) is 1. The number of para-hydroxylation sites is 1. The number of carbonyl (C=O) groups is 1. The molecule has 1 amide bonds. The summed E-state index contributed by atoms with van der Waals surface area (Å²) < 4.78 is 1.55. The molecule has 0 saturated carbocycles. The summed E-state index contributed by atoms with van der Waals surface area (Å²) in [5.74, 6) is -0.106. The molecule has 0 fully saturated rings. The van der Waals surface area contributed by atoms with Crippen LogP contribution in [0.1, 0.15) is 34.5 Å². The molecule has 2 aromatic heterocycles. The minimum atomic E-state index is -0.106. The fourth-order valence-corrected chi connectivity index (χ4v) is 3.83. The highest BCUT2D eigenvalue weighted by Crippen LogP contribution is 2.30. The van der Waals surface area contributed by atoms with Gasteiger partial charge in [-0.2, -0.15) is 0 Å². The number of rotatable bonds is 3. The van der Waals surface area contributed by atoms with Gasteiger partial charge in [-0.15, -0.1) is 5.10 Å². The summed E-state index contributed by atoms with van der Waals surface area (Å²) in [6.45, 7) is 0. The van der Waals surface area contributed by atoms with E-state index in [1.165, 1.54) is 6.33 Å². The zero-order valence-corrected chi connectivity index (χ0v) is 15.2. The van der Waals surface area contributed by atoms with Crippen LogP contribution in [-0.2, 0) is 12.8 Å². The smallest absolute Gasteiger partial charge is 0.256 e. The maximum atomic E-state index is 13.3. The van der Waals surface area contributed by atoms with Crippen molar-refractivity contribution >= 4 is 22.5 Å². The van der Waals surface area contributed by atoms with Gasteiger partial charge in [-0.05, 0) is 65.9 Å². The van der Waals surface area contributed by atoms with Crippen molar-refractivity contribution in [1.29, 1.82) is 0 Å². The average molecular weight is 370 g/mol. The maximum absolute atomic E-state index is 13.3. The van der Waals surface area contributed by atoms with E-state index < -0.39 is 0 Å². The number of fused-ring (bicyclic) bond motifs is 2. The van der Waals surface area contributed by atoms with Crippen LogP contribution in [0.15, 0.2) is 54.9 Å². The van der Waals surface area contributed by atoms with Gasteiger partial charge in [0.2, 0.25) is 0 Å². The molecule has 1 aliphatic carbocycles. The van der Waals surface area contributed by atoms with Gasteiger partial charge in [0.25, 0.3) is 5.91 Å². The van der Waals surface area contributed by atoms with Crippen LogP contribution >= 0.6 is 0 Å². The molecule has 28 heavy (non-hydrogen) atoms. The molecule has 1 aliphatic rings. The van der Waals surface area contributed by atoms with Crippen molar-refractivity contribution in [1.82, 2.24) is 25.2 Å². The highest BCUT2D eigenvalue weighted by Gasteiger charge is 2.22. The van der Waals surface area contributed by atoms with Crippen LogP contribution in [0.4, 0.5) is 5.69 Å². The third kappa shape index (κ3) is 2.90. The van der Waals surface area contributed by atoms with Crippen molar-refractivity contribution in [2.75, 3.05) is 5.32 Å². The Balaban J connectivity index is 1.56. The van der Waals surface area contributed by atoms with Gasteiger partial charge in [-0.3, -0.25) is 9.78 Å². The molecule has 0 unspecified atom stereocenters. The molecule has 2 heterocycles. The van der Waals surface area contributed by atoms with E-state index in [1.807, 2.05) is 48.5 Å². The summed E-state index contributed by atoms with van der Waals surface area (Å²) in [4.78, 5) is 18.1. The van der Waals surface area contributed by atoms with Crippen LogP contribution in [0, 0.1) is 0 Å². The molecule has 0 saturated heterocycles. The first-order valence-corrected chi connectivity index (χ1v) is 9.35. The number of hydrogen-bond acceptors (Lipinski definition) is 5. The Morgan fingerprint density at radius 2 is 1.93 bits per heavy atom. The predicted molar refractivity (Wildman–Crippen MR) is 105 cm³/mol. The number of carbonyl (C=O) groups excluding carboxylic acids is 1. The Morgan fingerprint density at radius 1 is 1.04 bits per heavy atom. The Kier molecular flexibility index (Phi) is 4.05. The van der Waals surface area contributed by atoms with E-state index in [0.717, 1.165) is 59.1 Å². The second-order valence-corrected chi connectivity index (χ2v) is 6.90. The molecular formula is C21H18N6O. The Bertz CT molecular complexity index is 1170. The molecule has 2 aromatic carbocycles. The van der Waals surface area contributed by atoms with Gasteiger partial charge in [-0.1, -0.05) is 24.3 Å². The summed E-state index contributed by atoms with van der Waals surface area (Å²) >= 11 is 0. The summed E-state index contributed by atoms with van der Waals surface area (Å²) in [5.41, 5.74) is 5.23. The molecule has 4 aromatic rings. The van der Waals surface area contributed by atoms with Crippen molar-refractivity contribution in [2.45, 2.75) is 25.7 Å². The first-order valence-electron chi connectivity index (χ1n) is 9.35. The predicted octanol–water partition coefficient (Wildman–Crippen LogP) is 3.34. The van der Waals surface area contributed by atoms with E-state index in [9.17, 15) is 4.79 Å². The summed E-state index contributed by atoms with van der Waals surface area (Å²) in [5, 5.41) is 15.2. The van der Waals surface area contributed by atoms with E-state index in [-0.39, 0.29) is 5.91 Å². The van der Waals surface area contributed by atoms with E-state index in [1.54, 1.807) is 4.68 Å². The fourth-order valence-electron chi connectivity index (χ4n) is 3.83. The Morgan fingerprint density at radius 3 is 2.82 bits per heavy atom. The molecule has 5 rings (SSSR count). The van der Waals surface area contributed by atoms with Crippen LogP contribution in [0.3, 0.4) is 0 Å². The average Bonchev–Trinajstić information content (AvgIpc) is 3.27. The monoisotopic (exact) mass is 370 g/mol. The van der Waals surface area contributed by atoms with Gasteiger partial charge >= 0.3 is 0 Å². The quantitative estimate of drug-likeness (QED) is 0.598. The third-order valence-corrected chi connectivity index (χ3v) is 5.11. The van der Waals surface area contributed by atoms with Crippen LogP contribution in [0.2, 0.25) is 0 Å². The minimum Gasteiger partial charge on any atom is -0.322 e. The van der Waals surface area contributed by atoms with E-state index in [2.05, 4.69) is 20.8 Å². The zero-order valence-electron chi connectivity index (χ0n) is 15.2. The molecule has 1 N–H and O–H groups in total. The van der Waals surface area contributed by atoms with Gasteiger partial charge < -0.3 is 5.32 Å². The molecule has 0 radical (unpaired) electrons. The molecule has 138 valence electrons. The lowest BCUT2D eigenvalue weighted by Gasteiger charge is -2.20. The number of aryl methyl sites for hydroxylation is 1. The number of benzene rings is 2. The molecule has 7 nitrogen and oxygen atoms in total. The topological polar surface area (TPSA) is 85.6 Å². The number of amides is 1. The molecule has 0 spiro atoms. The van der Waals surface area contributed by atoms with E-state index >= 15 is 0 Å². The second-order valence-electron chi connectivity index (χ2n) is 6.90. The van der Waals surface area contributed by atoms with Crippen LogP contribution < -0.4 is 5.32 Å². The van der Waals surface area contributed by atoms with Crippen molar-refractivity contribution in [3.8, 4) is 5.69 Å². The third-order valence-electron chi connectivity index (χ3n) is 5.11. The number of hydrogen-bond donors (Lipinski definition) is 1. The number of pyridine rings is 1. The van der Waals surface area contributed by atoms with Crippen molar-refractivity contribution in [2.24, 2.45) is 0 Å². The lowest BCUT2D eigenvalue weighted by Crippen LogP contribution is -2.19. The first-order chi connectivity index (χ1) is 13.8. The summed E-state index contributed by atoms with van der Waals surface area (Å²) in [7, 11) is 0. The number of aromatic nitrogens is 5. The maximum Gasteiger partial charge on any atom is 0.256 e. The standard InChI is InChI=1S/C21H18N6O/c28-21(23-14-6-5-7-15(12-14)27-13-22-25-26-27)20-16-8-1-3-10-18(16)24-19-11-4-2-9-17(19)20/h1,3,5-8,10,12-13H,2,4,9,11H2,(H,23,28). The fraction of sp³-hybridized carbons (Fsp3) is 0.190. The Hall–Kier alpha value is -3.61. The second kappa shape index (κ2) is 6.84. The van der Waals surface area contributed by atoms with E-state index in [0.29, 0.717) is 5.69 Å². The van der Waals surface area contributed by atoms with Crippen molar-refractivity contribution in [3.63, 3.8) is 0 Å². The van der Waals surface area contributed by atoms with Gasteiger partial charge in [-0.25, -0.2) is 4.68 Å². The molecule has 0 bridgehead atoms. The van der Waals surface area contributed by atoms with E-state index in [4.69, 9.17) is 4.98 Å². The lowest BCUT2D eigenvalue weighted by molar-refractivity contribution is 0.102. The van der Waals surface area contributed by atoms with Crippen LogP contribution in [0.25, 0.3) is 16.6 Å². The van der Waals surface area contributed by atoms with Gasteiger partial charge in [0, 0.05) is 16.8 Å². The number of nitrogens with zero attached hydrogens (tertiary/aromatic N) is 5. The van der Waals surface area contributed by atoms with Gasteiger partial charge in [0.1, 0.15) is 6.33 Å². The number of tetrazole rings is 1. The molecular weight excluding hydrogens is 352 g/mol. The van der Waals surface area contributed by atoms with Gasteiger partial charge in [0.15, 0.2) is 0 Å². The number of anilines is 1. The van der Waals surface area contributed by atoms with Crippen LogP contribution in [-0.4, -0.2) is 31.1 Å². The highest BCUT2D eigenvalue weighted by atomic mass is 16.1. The molecule has 7 heteroatoms. The van der Waals surface area contributed by atoms with Crippen molar-refractivity contribution < 1.29 is 4.79 Å². The minimum absolute atomic E-state index is 0.106. The lowest BCUT2D eigenvalue weighted by atomic mass is 9.89. The first kappa shape index (κ1) is 16.6. The molecule has 0 atom stereocenters. The van der Waals surface area contributed by atoms with Crippen molar-refractivity contribution in [3.05, 3.63) is 71.7 Å². The SMILES string of the molecule is O=C(Nc1cccc(-n2cnnn2)c1)c1c2c(nc3ccccc13)CCCC2. The summed E-state index contributed by atoms with van der Waals surface area (Å²) in [6.07, 6.45) is 5.54. The normalized spacial score (nSPS) is 13.3. The summed E-state index contributed by atoms with van der Waals surface area (Å²) in [6, 6.07) is 15.3. The molecule has 0 aliphatic heterocycles. The zero-order chi connectivity index (χ0) is 18.9. The largest absolute Gasteiger partial charge is 0.322 e. The highest BCUT2D eigenvalue weighted by molar-refractivity contribution is 6.13. The Labute approximate surface area is 161 Å². The van der Waals surface area contributed by atoms with Crippen LogP contribution in [0.5, 0.6) is 0 Å².